The average Bonchev–Trinajstić information content (AvgIpc) is 3.74. The molecule has 7 nitrogen and oxygen atoms in total. The molecule has 40 heavy (non-hydrogen) atoms. The molecular weight excluding hydrogens is 509 g/mol. The summed E-state index contributed by atoms with van der Waals surface area (Å²) in [4.78, 5) is 7.42. The third-order valence-electron chi connectivity index (χ3n) is 8.23. The molecule has 218 valence electrons. The van der Waals surface area contributed by atoms with Crippen LogP contribution in [0.1, 0.15) is 61.3 Å². The number of methoxy groups -OCH3 is 1. The summed E-state index contributed by atoms with van der Waals surface area (Å²) >= 11 is 0. The number of nitrogens with one attached hydrogen (secondary N) is 1. The van der Waals surface area contributed by atoms with Gasteiger partial charge < -0.3 is 29.5 Å². The Morgan fingerprint density at radius 3 is 2.73 bits per heavy atom. The van der Waals surface area contributed by atoms with Crippen molar-refractivity contribution in [1.29, 1.82) is 0 Å². The van der Waals surface area contributed by atoms with Crippen LogP contribution in [-0.4, -0.2) is 74.8 Å². The molecule has 2 aromatic rings. The van der Waals surface area contributed by atoms with Gasteiger partial charge in [-0.05, 0) is 92.3 Å². The first-order valence-electron chi connectivity index (χ1n) is 14.9. The van der Waals surface area contributed by atoms with Crippen molar-refractivity contribution in [2.75, 3.05) is 65.1 Å². The van der Waals surface area contributed by atoms with Crippen molar-refractivity contribution in [2.24, 2.45) is 5.92 Å². The fourth-order valence-corrected chi connectivity index (χ4v) is 5.90. The molecule has 0 radical (unpaired) electrons. The summed E-state index contributed by atoms with van der Waals surface area (Å²) in [6, 6.07) is 10.3. The molecule has 0 spiro atoms. The van der Waals surface area contributed by atoms with Gasteiger partial charge in [-0.1, -0.05) is 6.07 Å². The highest BCUT2D eigenvalue weighted by atomic mass is 19.1. The number of benzene rings is 1. The Morgan fingerprint density at radius 1 is 1.12 bits per heavy atom. The van der Waals surface area contributed by atoms with Gasteiger partial charge in [0.15, 0.2) is 0 Å². The van der Waals surface area contributed by atoms with Crippen LogP contribution in [0.3, 0.4) is 0 Å². The number of pyridine rings is 1. The Kier molecular flexibility index (Phi) is 10.2. The van der Waals surface area contributed by atoms with E-state index in [0.29, 0.717) is 42.8 Å². The number of aryl methyl sites for hydroxylation is 2. The first kappa shape index (κ1) is 28.7. The number of anilines is 1. The molecule has 2 atom stereocenters. The van der Waals surface area contributed by atoms with E-state index in [9.17, 15) is 9.50 Å². The molecule has 1 saturated heterocycles. The van der Waals surface area contributed by atoms with Gasteiger partial charge >= 0.3 is 0 Å². The van der Waals surface area contributed by atoms with E-state index < -0.39 is 6.67 Å². The van der Waals surface area contributed by atoms with Crippen molar-refractivity contribution in [1.82, 2.24) is 9.88 Å². The molecule has 1 aromatic heterocycles. The Balaban J connectivity index is 1.24. The zero-order valence-electron chi connectivity index (χ0n) is 23.8. The minimum Gasteiger partial charge on any atom is -0.512 e. The van der Waals surface area contributed by atoms with Crippen LogP contribution in [0.5, 0.6) is 11.5 Å². The summed E-state index contributed by atoms with van der Waals surface area (Å²) in [6.45, 7) is 4.31. The topological polar surface area (TPSA) is 76.1 Å². The van der Waals surface area contributed by atoms with Gasteiger partial charge in [-0.15, -0.1) is 0 Å². The zero-order valence-corrected chi connectivity index (χ0v) is 23.8. The van der Waals surface area contributed by atoms with Gasteiger partial charge in [0, 0.05) is 50.8 Å². The predicted octanol–water partition coefficient (Wildman–Crippen LogP) is 5.85. The molecule has 2 unspecified atom stereocenters. The van der Waals surface area contributed by atoms with Gasteiger partial charge in [0.2, 0.25) is 0 Å². The van der Waals surface area contributed by atoms with Crippen LogP contribution in [0.2, 0.25) is 0 Å². The molecule has 5 rings (SSSR count). The van der Waals surface area contributed by atoms with E-state index in [1.807, 2.05) is 12.1 Å². The van der Waals surface area contributed by atoms with Crippen molar-refractivity contribution in [3.05, 3.63) is 58.5 Å². The van der Waals surface area contributed by atoms with Crippen LogP contribution in [0.15, 0.2) is 41.7 Å². The molecule has 0 bridgehead atoms. The molecule has 1 aliphatic carbocycles. The Morgan fingerprint density at radius 2 is 1.95 bits per heavy atom. The second kappa shape index (κ2) is 14.2. The lowest BCUT2D eigenvalue weighted by Gasteiger charge is -2.25. The average molecular weight is 554 g/mol. The SMILES string of the molecule is COCCOc1cc(OCCF)cc(C(CC(O)=C2CC2)CN2CCC(CCc3ccc4c(n3)NCCC4)C2)c1. The van der Waals surface area contributed by atoms with E-state index in [1.54, 1.807) is 13.2 Å². The minimum absolute atomic E-state index is 0.00385. The lowest BCUT2D eigenvalue weighted by atomic mass is 9.93. The van der Waals surface area contributed by atoms with Crippen molar-refractivity contribution < 1.29 is 23.7 Å². The summed E-state index contributed by atoms with van der Waals surface area (Å²) in [6.07, 6.45) is 8.17. The number of nitrogens with zero attached hydrogens (tertiary/aromatic N) is 2. The van der Waals surface area contributed by atoms with Crippen molar-refractivity contribution >= 4 is 5.82 Å². The van der Waals surface area contributed by atoms with E-state index >= 15 is 0 Å². The largest absolute Gasteiger partial charge is 0.512 e. The van der Waals surface area contributed by atoms with Crippen LogP contribution < -0.4 is 14.8 Å². The number of allylic oxidation sites excluding steroid dienone is 2. The second-order valence-corrected chi connectivity index (χ2v) is 11.4. The maximum atomic E-state index is 12.9. The number of alkyl halides is 1. The molecule has 8 heteroatoms. The number of likely N-dealkylation sites (tertiary alicyclic amines) is 1. The van der Waals surface area contributed by atoms with Gasteiger partial charge in [0.1, 0.15) is 37.2 Å². The number of aliphatic hydroxyl groups excluding tert-OH is 1. The van der Waals surface area contributed by atoms with Crippen LogP contribution >= 0.6 is 0 Å². The number of hydrogen-bond donors (Lipinski definition) is 2. The fraction of sp³-hybridized carbons (Fsp3) is 0.594. The van der Waals surface area contributed by atoms with Crippen LogP contribution in [0.4, 0.5) is 10.2 Å². The van der Waals surface area contributed by atoms with Gasteiger partial charge in [0.05, 0.1) is 12.4 Å². The molecule has 0 amide bonds. The summed E-state index contributed by atoms with van der Waals surface area (Å²) < 4.78 is 29.6. The van der Waals surface area contributed by atoms with E-state index in [0.717, 1.165) is 75.2 Å². The van der Waals surface area contributed by atoms with Crippen LogP contribution in [0, 0.1) is 5.92 Å². The molecule has 2 fully saturated rings. The molecular formula is C32H44FN3O4. The number of rotatable bonds is 15. The minimum atomic E-state index is -0.549. The van der Waals surface area contributed by atoms with E-state index in [-0.39, 0.29) is 12.5 Å². The third-order valence-corrected chi connectivity index (χ3v) is 8.23. The molecule has 2 N–H and O–H groups in total. The van der Waals surface area contributed by atoms with E-state index in [4.69, 9.17) is 19.2 Å². The third kappa shape index (κ3) is 8.10. The lowest BCUT2D eigenvalue weighted by molar-refractivity contribution is 0.146. The first-order chi connectivity index (χ1) is 19.6. The molecule has 1 saturated carbocycles. The van der Waals surface area contributed by atoms with Crippen LogP contribution in [-0.2, 0) is 17.6 Å². The van der Waals surface area contributed by atoms with Gasteiger partial charge in [0.25, 0.3) is 0 Å². The van der Waals surface area contributed by atoms with E-state index in [2.05, 4.69) is 22.3 Å². The second-order valence-electron chi connectivity index (χ2n) is 11.4. The quantitative estimate of drug-likeness (QED) is 0.212. The normalized spacial score (nSPS) is 19.1. The van der Waals surface area contributed by atoms with Gasteiger partial charge in [-0.3, -0.25) is 0 Å². The summed E-state index contributed by atoms with van der Waals surface area (Å²) in [5, 5.41) is 14.3. The standard InChI is InChI=1S/C32H44FN3O4/c1-38-15-16-40-30-18-26(17-29(20-30)39-14-11-33)27(19-31(37)24-5-6-24)22-36-13-10-23(21-36)4-8-28-9-7-25-3-2-12-34-32(25)35-28/h7,9,17-18,20,23,27,37H,2-6,8,10-16,19,21-22H2,1H3,(H,34,35). The first-order valence-corrected chi connectivity index (χ1v) is 14.9. The van der Waals surface area contributed by atoms with Gasteiger partial charge in [-0.25, -0.2) is 9.37 Å². The number of aromatic nitrogens is 1. The van der Waals surface area contributed by atoms with E-state index in [1.165, 1.54) is 24.1 Å². The highest BCUT2D eigenvalue weighted by Gasteiger charge is 2.28. The maximum Gasteiger partial charge on any atom is 0.129 e. The molecule has 2 aliphatic heterocycles. The monoisotopic (exact) mass is 553 g/mol. The molecule has 3 aliphatic rings. The Labute approximate surface area is 237 Å². The number of halogens is 1. The predicted molar refractivity (Wildman–Crippen MR) is 155 cm³/mol. The zero-order chi connectivity index (χ0) is 27.7. The Hall–Kier alpha value is -2.84. The number of hydrogen-bond acceptors (Lipinski definition) is 7. The Bertz CT molecular complexity index is 1150. The molecule has 1 aromatic carbocycles. The summed E-state index contributed by atoms with van der Waals surface area (Å²) in [5.74, 6) is 3.58. The van der Waals surface area contributed by atoms with Crippen molar-refractivity contribution in [2.45, 2.75) is 57.3 Å². The smallest absolute Gasteiger partial charge is 0.129 e. The number of fused-ring (bicyclic) bond motifs is 1. The van der Waals surface area contributed by atoms with Crippen molar-refractivity contribution in [3.63, 3.8) is 0 Å². The number of aliphatic hydroxyl groups is 1. The highest BCUT2D eigenvalue weighted by Crippen LogP contribution is 2.38. The lowest BCUT2D eigenvalue weighted by Crippen LogP contribution is -2.27. The molecule has 3 heterocycles. The summed E-state index contributed by atoms with van der Waals surface area (Å²) in [7, 11) is 1.64. The fourth-order valence-electron chi connectivity index (χ4n) is 5.90. The maximum absolute atomic E-state index is 12.9. The summed E-state index contributed by atoms with van der Waals surface area (Å²) in [5.41, 5.74) is 4.73. The highest BCUT2D eigenvalue weighted by molar-refractivity contribution is 5.47. The van der Waals surface area contributed by atoms with Gasteiger partial charge in [-0.2, -0.15) is 0 Å². The van der Waals surface area contributed by atoms with Crippen LogP contribution in [0.25, 0.3) is 0 Å². The van der Waals surface area contributed by atoms with Crippen molar-refractivity contribution in [3.8, 4) is 11.5 Å². The number of ether oxygens (including phenoxy) is 3.